The number of methoxy groups -OCH3 is 1. The van der Waals surface area contributed by atoms with Crippen LogP contribution in [0.25, 0.3) is 0 Å². The number of carboxylic acid groups (broad SMARTS) is 1. The summed E-state index contributed by atoms with van der Waals surface area (Å²) in [7, 11) is 1.33. The van der Waals surface area contributed by atoms with Crippen molar-refractivity contribution < 1.29 is 14.6 Å². The van der Waals surface area contributed by atoms with Gasteiger partial charge >= 0.3 is 5.97 Å². The van der Waals surface area contributed by atoms with E-state index in [1.54, 1.807) is 0 Å². The van der Waals surface area contributed by atoms with Gasteiger partial charge in [0.25, 0.3) is 5.56 Å². The van der Waals surface area contributed by atoms with Gasteiger partial charge in [-0.15, -0.1) is 0 Å². The number of H-pyrrole nitrogens is 1. The second-order valence-corrected chi connectivity index (χ2v) is 3.44. The van der Waals surface area contributed by atoms with Gasteiger partial charge in [-0.1, -0.05) is 13.3 Å². The van der Waals surface area contributed by atoms with Crippen molar-refractivity contribution in [3.63, 3.8) is 0 Å². The van der Waals surface area contributed by atoms with E-state index in [1.807, 2.05) is 6.92 Å². The first kappa shape index (κ1) is 13.0. The van der Waals surface area contributed by atoms with Gasteiger partial charge in [0.15, 0.2) is 5.82 Å². The molecule has 1 rings (SSSR count). The summed E-state index contributed by atoms with van der Waals surface area (Å²) in [6, 6.07) is -0.789. The summed E-state index contributed by atoms with van der Waals surface area (Å²) in [5.74, 6) is -0.872. The first-order valence-corrected chi connectivity index (χ1v) is 5.21. The molecule has 94 valence electrons. The van der Waals surface area contributed by atoms with Crippen LogP contribution in [0.1, 0.15) is 19.8 Å². The van der Waals surface area contributed by atoms with Crippen molar-refractivity contribution in [1.82, 2.24) is 9.97 Å². The SMILES string of the molecule is CCCC(Nc1nc[nH]c(=O)c1OC)C(=O)O. The van der Waals surface area contributed by atoms with Gasteiger partial charge in [0.2, 0.25) is 5.75 Å². The zero-order valence-electron chi connectivity index (χ0n) is 9.69. The third-order valence-corrected chi connectivity index (χ3v) is 2.20. The molecule has 0 saturated carbocycles. The number of carbonyl (C=O) groups is 1. The molecule has 17 heavy (non-hydrogen) atoms. The monoisotopic (exact) mass is 241 g/mol. The van der Waals surface area contributed by atoms with E-state index in [0.29, 0.717) is 12.8 Å². The molecule has 0 aliphatic carbocycles. The Bertz CT molecular complexity index is 443. The van der Waals surface area contributed by atoms with Gasteiger partial charge in [-0.3, -0.25) is 4.79 Å². The van der Waals surface area contributed by atoms with Gasteiger partial charge in [0, 0.05) is 0 Å². The van der Waals surface area contributed by atoms with Gasteiger partial charge < -0.3 is 20.1 Å². The molecule has 1 aromatic rings. The molecule has 0 spiro atoms. The molecule has 0 amide bonds. The van der Waals surface area contributed by atoms with Crippen LogP contribution in [0.4, 0.5) is 5.82 Å². The average Bonchev–Trinajstić information content (AvgIpc) is 2.28. The lowest BCUT2D eigenvalue weighted by Gasteiger charge is -2.15. The molecule has 7 heteroatoms. The van der Waals surface area contributed by atoms with Crippen molar-refractivity contribution in [2.24, 2.45) is 0 Å². The minimum absolute atomic E-state index is 0.0187. The van der Waals surface area contributed by atoms with Crippen molar-refractivity contribution in [2.45, 2.75) is 25.8 Å². The zero-order chi connectivity index (χ0) is 12.8. The highest BCUT2D eigenvalue weighted by molar-refractivity contribution is 5.77. The van der Waals surface area contributed by atoms with E-state index in [-0.39, 0.29) is 11.6 Å². The van der Waals surface area contributed by atoms with E-state index >= 15 is 0 Å². The maximum atomic E-state index is 11.4. The number of aromatic nitrogens is 2. The van der Waals surface area contributed by atoms with Gasteiger partial charge in [-0.2, -0.15) is 0 Å². The molecule has 1 aromatic heterocycles. The van der Waals surface area contributed by atoms with Crippen molar-refractivity contribution in [1.29, 1.82) is 0 Å². The van der Waals surface area contributed by atoms with Crippen LogP contribution in [0.3, 0.4) is 0 Å². The summed E-state index contributed by atoms with van der Waals surface area (Å²) in [6.45, 7) is 1.88. The van der Waals surface area contributed by atoms with E-state index in [0.717, 1.165) is 0 Å². The Balaban J connectivity index is 2.96. The standard InChI is InChI=1S/C10H15N3O4/c1-3-4-6(10(15)16)13-8-7(17-2)9(14)12-5-11-8/h5-6H,3-4H2,1-2H3,(H,15,16)(H2,11,12,13,14). The third-order valence-electron chi connectivity index (χ3n) is 2.20. The number of anilines is 1. The quantitative estimate of drug-likeness (QED) is 0.667. The number of carboxylic acids is 1. The summed E-state index contributed by atoms with van der Waals surface area (Å²) in [5, 5.41) is 11.7. The molecule has 1 atom stereocenters. The molecule has 0 aromatic carbocycles. The van der Waals surface area contributed by atoms with Crippen LogP contribution in [0.2, 0.25) is 0 Å². The smallest absolute Gasteiger partial charge is 0.326 e. The molecular formula is C10H15N3O4. The molecule has 0 saturated heterocycles. The van der Waals surface area contributed by atoms with Crippen LogP contribution >= 0.6 is 0 Å². The van der Waals surface area contributed by atoms with Crippen LogP contribution < -0.4 is 15.6 Å². The maximum absolute atomic E-state index is 11.4. The molecule has 7 nitrogen and oxygen atoms in total. The number of hydrogen-bond acceptors (Lipinski definition) is 5. The highest BCUT2D eigenvalue weighted by atomic mass is 16.5. The van der Waals surface area contributed by atoms with Gasteiger partial charge in [0.1, 0.15) is 6.04 Å². The fourth-order valence-corrected chi connectivity index (χ4v) is 1.39. The molecule has 0 bridgehead atoms. The van der Waals surface area contributed by atoms with Crippen molar-refractivity contribution in [2.75, 3.05) is 12.4 Å². The molecule has 1 heterocycles. The predicted octanol–water partition coefficient (Wildman–Crippen LogP) is 0.444. The number of nitrogens with zero attached hydrogens (tertiary/aromatic N) is 1. The topological polar surface area (TPSA) is 104 Å². The Morgan fingerprint density at radius 2 is 2.41 bits per heavy atom. The lowest BCUT2D eigenvalue weighted by molar-refractivity contribution is -0.138. The van der Waals surface area contributed by atoms with E-state index < -0.39 is 17.6 Å². The number of nitrogens with one attached hydrogen (secondary N) is 2. The highest BCUT2D eigenvalue weighted by Gasteiger charge is 2.19. The first-order chi connectivity index (χ1) is 8.10. The molecular weight excluding hydrogens is 226 g/mol. The number of ether oxygens (including phenoxy) is 1. The Morgan fingerprint density at radius 3 is 2.94 bits per heavy atom. The molecule has 0 aliphatic heterocycles. The first-order valence-electron chi connectivity index (χ1n) is 5.21. The van der Waals surface area contributed by atoms with Crippen LogP contribution in [0, 0.1) is 0 Å². The number of rotatable bonds is 6. The third kappa shape index (κ3) is 3.20. The average molecular weight is 241 g/mol. The van der Waals surface area contributed by atoms with Crippen LogP contribution in [0.15, 0.2) is 11.1 Å². The fourth-order valence-electron chi connectivity index (χ4n) is 1.39. The second kappa shape index (κ2) is 5.88. The lowest BCUT2D eigenvalue weighted by Crippen LogP contribution is -2.30. The summed E-state index contributed by atoms with van der Waals surface area (Å²) in [6.07, 6.45) is 2.33. The minimum atomic E-state index is -0.990. The van der Waals surface area contributed by atoms with Gasteiger partial charge in [-0.25, -0.2) is 9.78 Å². The van der Waals surface area contributed by atoms with E-state index in [2.05, 4.69) is 15.3 Å². The van der Waals surface area contributed by atoms with Crippen LogP contribution in [0.5, 0.6) is 5.75 Å². The highest BCUT2D eigenvalue weighted by Crippen LogP contribution is 2.16. The molecule has 0 radical (unpaired) electrons. The Morgan fingerprint density at radius 1 is 1.71 bits per heavy atom. The number of aromatic amines is 1. The number of aliphatic carboxylic acids is 1. The normalized spacial score (nSPS) is 11.9. The minimum Gasteiger partial charge on any atom is -0.489 e. The second-order valence-electron chi connectivity index (χ2n) is 3.44. The summed E-state index contributed by atoms with van der Waals surface area (Å²) < 4.78 is 4.87. The molecule has 3 N–H and O–H groups in total. The molecule has 1 unspecified atom stereocenters. The predicted molar refractivity (Wildman–Crippen MR) is 61.4 cm³/mol. The van der Waals surface area contributed by atoms with Crippen molar-refractivity contribution >= 4 is 11.8 Å². The number of hydrogen-bond donors (Lipinski definition) is 3. The van der Waals surface area contributed by atoms with Crippen molar-refractivity contribution in [3.8, 4) is 5.75 Å². The van der Waals surface area contributed by atoms with Crippen molar-refractivity contribution in [3.05, 3.63) is 16.7 Å². The van der Waals surface area contributed by atoms with E-state index in [4.69, 9.17) is 9.84 Å². The zero-order valence-corrected chi connectivity index (χ0v) is 9.69. The largest absolute Gasteiger partial charge is 0.489 e. The Hall–Kier alpha value is -2.05. The van der Waals surface area contributed by atoms with Crippen LogP contribution in [-0.2, 0) is 4.79 Å². The van der Waals surface area contributed by atoms with Gasteiger partial charge in [0.05, 0.1) is 13.4 Å². The van der Waals surface area contributed by atoms with E-state index in [1.165, 1.54) is 13.4 Å². The summed E-state index contributed by atoms with van der Waals surface area (Å²) in [5.41, 5.74) is -0.453. The fraction of sp³-hybridized carbons (Fsp3) is 0.500. The summed E-state index contributed by atoms with van der Waals surface area (Å²) >= 11 is 0. The summed E-state index contributed by atoms with van der Waals surface area (Å²) in [4.78, 5) is 28.5. The van der Waals surface area contributed by atoms with E-state index in [9.17, 15) is 9.59 Å². The lowest BCUT2D eigenvalue weighted by atomic mass is 10.1. The Labute approximate surface area is 97.8 Å². The maximum Gasteiger partial charge on any atom is 0.326 e. The molecule has 0 aliphatic rings. The van der Waals surface area contributed by atoms with Crippen LogP contribution in [-0.4, -0.2) is 34.2 Å². The molecule has 0 fully saturated rings. The van der Waals surface area contributed by atoms with Gasteiger partial charge in [-0.05, 0) is 6.42 Å². The Kier molecular flexibility index (Phi) is 4.50.